The number of ketones is 1. The molecular weight excluding hydrogens is 258 g/mol. The second kappa shape index (κ2) is 4.24. The molecule has 0 bridgehead atoms. The number of rotatable bonds is 0. The van der Waals surface area contributed by atoms with Crippen molar-refractivity contribution in [3.63, 3.8) is 0 Å². The van der Waals surface area contributed by atoms with Gasteiger partial charge in [0.25, 0.3) is 0 Å². The smallest absolute Gasteiger partial charge is 0.178 e. The van der Waals surface area contributed by atoms with Gasteiger partial charge in [-0.05, 0) is 72.7 Å². The maximum atomic E-state index is 12.0. The third kappa shape index (κ3) is 1.68. The summed E-state index contributed by atoms with van der Waals surface area (Å²) >= 11 is 0. The normalized spacial score (nSPS) is 48.9. The van der Waals surface area contributed by atoms with E-state index in [9.17, 15) is 4.79 Å². The topological polar surface area (TPSA) is 43.1 Å². The first-order chi connectivity index (χ1) is 9.96. The lowest BCUT2D eigenvalue weighted by Gasteiger charge is -2.57. The Morgan fingerprint density at radius 3 is 2.76 bits per heavy atom. The Morgan fingerprint density at radius 2 is 1.95 bits per heavy atom. The average Bonchev–Trinajstić information content (AvgIpc) is 2.85. The molecule has 0 aliphatic heterocycles. The fourth-order valence-corrected chi connectivity index (χ4v) is 6.24. The first-order valence-electron chi connectivity index (χ1n) is 8.66. The lowest BCUT2D eigenvalue weighted by Crippen LogP contribution is -2.50. The second-order valence-corrected chi connectivity index (χ2v) is 8.33. The number of carbonyl (C=O) groups is 1. The third-order valence-electron chi connectivity index (χ3n) is 7.50. The van der Waals surface area contributed by atoms with Crippen LogP contribution in [0.15, 0.2) is 23.4 Å². The molecule has 0 unspecified atom stereocenters. The fourth-order valence-electron chi connectivity index (χ4n) is 6.24. The molecule has 5 atom stereocenters. The van der Waals surface area contributed by atoms with E-state index in [1.807, 2.05) is 0 Å². The van der Waals surface area contributed by atoms with E-state index in [1.165, 1.54) is 31.3 Å². The van der Waals surface area contributed by atoms with Crippen LogP contribution in [-0.2, 0) is 4.79 Å². The highest BCUT2D eigenvalue weighted by Crippen LogP contribution is 2.64. The van der Waals surface area contributed by atoms with Gasteiger partial charge in [0.1, 0.15) is 0 Å². The van der Waals surface area contributed by atoms with Gasteiger partial charge in [0.2, 0.25) is 0 Å². The van der Waals surface area contributed by atoms with E-state index in [2.05, 4.69) is 26.0 Å². The minimum Gasteiger partial charge on any atom is -0.396 e. The van der Waals surface area contributed by atoms with Crippen molar-refractivity contribution >= 4 is 5.78 Å². The molecule has 21 heavy (non-hydrogen) atoms. The van der Waals surface area contributed by atoms with Gasteiger partial charge in [-0.2, -0.15) is 0 Å². The molecule has 2 fully saturated rings. The summed E-state index contributed by atoms with van der Waals surface area (Å²) in [6.45, 7) is 4.87. The van der Waals surface area contributed by atoms with E-state index in [1.54, 1.807) is 0 Å². The Hall–Kier alpha value is -1.05. The quantitative estimate of drug-likeness (QED) is 0.684. The number of Topliss-reactive ketones (excluding diaryl/α,β-unsaturated/α-hetero) is 1. The van der Waals surface area contributed by atoms with Crippen LogP contribution >= 0.6 is 0 Å². The van der Waals surface area contributed by atoms with Crippen LogP contribution in [0.25, 0.3) is 0 Å². The predicted octanol–water partition coefficient (Wildman–Crippen LogP) is 3.97. The van der Waals surface area contributed by atoms with Crippen LogP contribution in [0, 0.1) is 28.6 Å². The van der Waals surface area contributed by atoms with Crippen LogP contribution in [0.2, 0.25) is 0 Å². The monoisotopic (exact) mass is 285 g/mol. The zero-order valence-corrected chi connectivity index (χ0v) is 13.3. The van der Waals surface area contributed by atoms with E-state index in [-0.39, 0.29) is 11.2 Å². The minimum atomic E-state index is 0.198. The molecule has 114 valence electrons. The Kier molecular flexibility index (Phi) is 2.75. The van der Waals surface area contributed by atoms with Crippen LogP contribution < -0.4 is 5.73 Å². The van der Waals surface area contributed by atoms with Gasteiger partial charge in [-0.1, -0.05) is 26.0 Å². The summed E-state index contributed by atoms with van der Waals surface area (Å²) in [5.74, 6) is 2.59. The maximum absolute atomic E-state index is 12.0. The molecule has 2 N–H and O–H groups in total. The summed E-state index contributed by atoms with van der Waals surface area (Å²) in [5, 5.41) is 0. The summed E-state index contributed by atoms with van der Waals surface area (Å²) in [5.41, 5.74) is 8.77. The zero-order chi connectivity index (χ0) is 14.8. The first kappa shape index (κ1) is 13.6. The van der Waals surface area contributed by atoms with Crippen LogP contribution in [0.5, 0.6) is 0 Å². The Labute approximate surface area is 127 Å². The van der Waals surface area contributed by atoms with Crippen LogP contribution in [0.4, 0.5) is 0 Å². The van der Waals surface area contributed by atoms with Gasteiger partial charge in [-0.15, -0.1) is 0 Å². The highest BCUT2D eigenvalue weighted by molar-refractivity contribution is 5.96. The van der Waals surface area contributed by atoms with E-state index in [0.29, 0.717) is 17.5 Å². The molecule has 0 aromatic heterocycles. The van der Waals surface area contributed by atoms with Crippen molar-refractivity contribution in [1.29, 1.82) is 0 Å². The summed E-state index contributed by atoms with van der Waals surface area (Å²) in [7, 11) is 0. The number of hydrogen-bond donors (Lipinski definition) is 1. The molecule has 0 amide bonds. The lowest BCUT2D eigenvalue weighted by atomic mass is 9.47. The lowest BCUT2D eigenvalue weighted by molar-refractivity contribution is -0.118. The van der Waals surface area contributed by atoms with Crippen LogP contribution in [0.1, 0.15) is 58.8 Å². The molecule has 2 heteroatoms. The predicted molar refractivity (Wildman–Crippen MR) is 84.4 cm³/mol. The van der Waals surface area contributed by atoms with Gasteiger partial charge in [-0.25, -0.2) is 0 Å². The van der Waals surface area contributed by atoms with Crippen LogP contribution in [-0.4, -0.2) is 5.78 Å². The number of hydrogen-bond acceptors (Lipinski definition) is 2. The molecule has 4 rings (SSSR count). The van der Waals surface area contributed by atoms with Crippen molar-refractivity contribution < 1.29 is 4.79 Å². The highest BCUT2D eigenvalue weighted by Gasteiger charge is 2.55. The van der Waals surface area contributed by atoms with Crippen molar-refractivity contribution in [2.75, 3.05) is 0 Å². The first-order valence-corrected chi connectivity index (χ1v) is 8.66. The SMILES string of the molecule is C[C@@]12C=CC[C@H]1[C@@H]1CCC3=C(N)C(=O)CC[C@]3(C)[C@H]1CC2. The summed E-state index contributed by atoms with van der Waals surface area (Å²) in [6, 6.07) is 0. The Morgan fingerprint density at radius 1 is 1.14 bits per heavy atom. The largest absolute Gasteiger partial charge is 0.396 e. The van der Waals surface area contributed by atoms with Gasteiger partial charge < -0.3 is 5.73 Å². The number of allylic oxidation sites excluding steroid dienone is 4. The average molecular weight is 285 g/mol. The molecule has 2 nitrogen and oxygen atoms in total. The van der Waals surface area contributed by atoms with Gasteiger partial charge in [0, 0.05) is 6.42 Å². The molecule has 0 aromatic rings. The molecule has 0 saturated heterocycles. The molecule has 0 spiro atoms. The van der Waals surface area contributed by atoms with Gasteiger partial charge in [0.05, 0.1) is 5.70 Å². The number of nitrogens with two attached hydrogens (primary N) is 1. The van der Waals surface area contributed by atoms with Crippen molar-refractivity contribution in [3.05, 3.63) is 23.4 Å². The minimum absolute atomic E-state index is 0.198. The van der Waals surface area contributed by atoms with Gasteiger partial charge >= 0.3 is 0 Å². The summed E-state index contributed by atoms with van der Waals surface area (Å²) in [6.07, 6.45) is 12.8. The standard InChI is InChI=1S/C19H27NO/c1-18-9-3-4-13(18)12-5-6-15-17(20)16(21)8-11-19(15,2)14(12)7-10-18/h3,9,12-14H,4-8,10-11,20H2,1-2H3/t12-,13-,14-,18-,19+/m0/s1. The zero-order valence-electron chi connectivity index (χ0n) is 13.3. The molecule has 0 heterocycles. The van der Waals surface area contributed by atoms with E-state index < -0.39 is 0 Å². The maximum Gasteiger partial charge on any atom is 0.178 e. The third-order valence-corrected chi connectivity index (χ3v) is 7.50. The van der Waals surface area contributed by atoms with E-state index >= 15 is 0 Å². The van der Waals surface area contributed by atoms with E-state index in [0.717, 1.165) is 30.6 Å². The Balaban J connectivity index is 1.73. The summed E-state index contributed by atoms with van der Waals surface area (Å²) in [4.78, 5) is 12.0. The highest BCUT2D eigenvalue weighted by atomic mass is 16.1. The van der Waals surface area contributed by atoms with Gasteiger partial charge in [0.15, 0.2) is 5.78 Å². The van der Waals surface area contributed by atoms with Crippen molar-refractivity contribution in [1.82, 2.24) is 0 Å². The number of fused-ring (bicyclic) bond motifs is 5. The molecular formula is C19H27NO. The van der Waals surface area contributed by atoms with Crippen molar-refractivity contribution in [3.8, 4) is 0 Å². The fraction of sp³-hybridized carbons (Fsp3) is 0.737. The number of carbonyl (C=O) groups excluding carboxylic acids is 1. The summed E-state index contributed by atoms with van der Waals surface area (Å²) < 4.78 is 0. The van der Waals surface area contributed by atoms with Crippen molar-refractivity contribution in [2.45, 2.75) is 58.8 Å². The molecule has 0 aromatic carbocycles. The molecule has 0 radical (unpaired) electrons. The van der Waals surface area contributed by atoms with Crippen molar-refractivity contribution in [2.24, 2.45) is 34.3 Å². The van der Waals surface area contributed by atoms with Gasteiger partial charge in [-0.3, -0.25) is 4.79 Å². The Bertz CT molecular complexity index is 560. The van der Waals surface area contributed by atoms with E-state index in [4.69, 9.17) is 5.73 Å². The molecule has 4 aliphatic carbocycles. The second-order valence-electron chi connectivity index (χ2n) is 8.33. The van der Waals surface area contributed by atoms with Crippen LogP contribution in [0.3, 0.4) is 0 Å². The molecule has 2 saturated carbocycles. The molecule has 4 aliphatic rings.